The number of nitrogens with zero attached hydrogens (tertiary/aromatic N) is 3. The number of imidazole rings is 1. The van der Waals surface area contributed by atoms with E-state index in [1.54, 1.807) is 12.1 Å². The Morgan fingerprint density at radius 1 is 1.38 bits per heavy atom. The van der Waals surface area contributed by atoms with Gasteiger partial charge in [0.25, 0.3) is 0 Å². The van der Waals surface area contributed by atoms with Crippen molar-refractivity contribution in [3.8, 4) is 0 Å². The third-order valence-electron chi connectivity index (χ3n) is 4.20. The summed E-state index contributed by atoms with van der Waals surface area (Å²) in [4.78, 5) is 7.00. The van der Waals surface area contributed by atoms with Gasteiger partial charge in [-0.1, -0.05) is 0 Å². The van der Waals surface area contributed by atoms with Crippen molar-refractivity contribution in [1.29, 1.82) is 0 Å². The zero-order valence-electron chi connectivity index (χ0n) is 12.0. The summed E-state index contributed by atoms with van der Waals surface area (Å²) in [6.07, 6.45) is 2.53. The number of hydrogen-bond acceptors (Lipinski definition) is 2. The minimum atomic E-state index is -0.265. The van der Waals surface area contributed by atoms with E-state index in [9.17, 15) is 4.39 Å². The molecule has 1 atom stereocenters. The fourth-order valence-electron chi connectivity index (χ4n) is 3.04. The summed E-state index contributed by atoms with van der Waals surface area (Å²) in [6.45, 7) is 5.29. The van der Waals surface area contributed by atoms with Crippen molar-refractivity contribution >= 4 is 38.6 Å². The summed E-state index contributed by atoms with van der Waals surface area (Å²) in [6, 6.07) is 3.66. The van der Waals surface area contributed by atoms with Gasteiger partial charge in [0.2, 0.25) is 0 Å². The third-order valence-corrected chi connectivity index (χ3v) is 5.05. The van der Waals surface area contributed by atoms with Gasteiger partial charge >= 0.3 is 0 Å². The van der Waals surface area contributed by atoms with Gasteiger partial charge in [0, 0.05) is 18.7 Å². The second-order valence-electron chi connectivity index (χ2n) is 5.62. The number of hydrogen-bond donors (Lipinski definition) is 0. The Balaban J connectivity index is 1.97. The van der Waals surface area contributed by atoms with E-state index in [0.29, 0.717) is 16.4 Å². The van der Waals surface area contributed by atoms with Gasteiger partial charge in [-0.3, -0.25) is 4.90 Å². The number of benzene rings is 1. The van der Waals surface area contributed by atoms with Crippen LogP contribution in [0.1, 0.15) is 25.6 Å². The minimum Gasteiger partial charge on any atom is -0.325 e. The normalized spacial score (nSPS) is 17.7. The van der Waals surface area contributed by atoms with Crippen LogP contribution in [0.3, 0.4) is 0 Å². The number of rotatable bonds is 4. The van der Waals surface area contributed by atoms with Crippen molar-refractivity contribution in [3.63, 3.8) is 0 Å². The van der Waals surface area contributed by atoms with Crippen LogP contribution in [0.4, 0.5) is 4.39 Å². The summed E-state index contributed by atoms with van der Waals surface area (Å²) in [7, 11) is 0. The predicted molar refractivity (Wildman–Crippen MR) is 87.2 cm³/mol. The molecule has 0 aliphatic carbocycles. The van der Waals surface area contributed by atoms with Gasteiger partial charge in [0.05, 0.1) is 21.4 Å². The molecule has 114 valence electrons. The first-order chi connectivity index (χ1) is 10.1. The van der Waals surface area contributed by atoms with Crippen molar-refractivity contribution < 1.29 is 4.39 Å². The average Bonchev–Trinajstić information content (AvgIpc) is 3.09. The molecule has 0 N–H and O–H groups in total. The van der Waals surface area contributed by atoms with E-state index in [2.05, 4.69) is 37.3 Å². The maximum absolute atomic E-state index is 13.8. The smallest absolute Gasteiger partial charge is 0.139 e. The molecule has 0 radical (unpaired) electrons. The monoisotopic (exact) mass is 373 g/mol. The van der Waals surface area contributed by atoms with E-state index < -0.39 is 0 Å². The van der Waals surface area contributed by atoms with Gasteiger partial charge in [-0.05, 0) is 54.9 Å². The van der Waals surface area contributed by atoms with Gasteiger partial charge in [0.1, 0.15) is 11.6 Å². The SMILES string of the molecule is CC(Cn1c(CCl)nc2cc(Br)c(F)cc21)N1CCCC1. The van der Waals surface area contributed by atoms with Gasteiger partial charge in [0.15, 0.2) is 0 Å². The van der Waals surface area contributed by atoms with Crippen LogP contribution < -0.4 is 0 Å². The van der Waals surface area contributed by atoms with Gasteiger partial charge in [-0.15, -0.1) is 11.6 Å². The van der Waals surface area contributed by atoms with E-state index in [-0.39, 0.29) is 5.82 Å². The van der Waals surface area contributed by atoms with Crippen LogP contribution in [0.15, 0.2) is 16.6 Å². The molecule has 1 fully saturated rings. The first-order valence-electron chi connectivity index (χ1n) is 7.24. The highest BCUT2D eigenvalue weighted by atomic mass is 79.9. The Bertz CT molecular complexity index is 652. The van der Waals surface area contributed by atoms with Crippen LogP contribution in [0.25, 0.3) is 11.0 Å². The predicted octanol–water partition coefficient (Wildman–Crippen LogP) is 4.16. The first-order valence-corrected chi connectivity index (χ1v) is 8.57. The lowest BCUT2D eigenvalue weighted by Crippen LogP contribution is -2.34. The summed E-state index contributed by atoms with van der Waals surface area (Å²) in [5, 5.41) is 0. The second-order valence-corrected chi connectivity index (χ2v) is 6.74. The molecular formula is C15H18BrClFN3. The van der Waals surface area contributed by atoms with Crippen LogP contribution >= 0.6 is 27.5 Å². The van der Waals surface area contributed by atoms with Crippen molar-refractivity contribution in [1.82, 2.24) is 14.5 Å². The number of halogens is 3. The average molecular weight is 375 g/mol. The molecule has 0 bridgehead atoms. The molecule has 0 saturated carbocycles. The largest absolute Gasteiger partial charge is 0.325 e. The minimum absolute atomic E-state index is 0.265. The van der Waals surface area contributed by atoms with Crippen LogP contribution in [0, 0.1) is 5.82 Å². The highest BCUT2D eigenvalue weighted by Gasteiger charge is 2.21. The molecule has 6 heteroatoms. The third kappa shape index (κ3) is 2.96. The molecule has 1 unspecified atom stereocenters. The Hall–Kier alpha value is -0.650. The van der Waals surface area contributed by atoms with E-state index in [1.165, 1.54) is 12.8 Å². The zero-order chi connectivity index (χ0) is 15.0. The Morgan fingerprint density at radius 2 is 2.10 bits per heavy atom. The lowest BCUT2D eigenvalue weighted by Gasteiger charge is -2.25. The highest BCUT2D eigenvalue weighted by molar-refractivity contribution is 9.10. The topological polar surface area (TPSA) is 21.1 Å². The molecule has 21 heavy (non-hydrogen) atoms. The lowest BCUT2D eigenvalue weighted by atomic mass is 10.2. The summed E-state index contributed by atoms with van der Waals surface area (Å²) < 4.78 is 16.3. The quantitative estimate of drug-likeness (QED) is 0.749. The molecule has 2 aromatic rings. The molecule has 1 aromatic carbocycles. The molecule has 1 aliphatic rings. The number of alkyl halides is 1. The van der Waals surface area contributed by atoms with E-state index in [1.807, 2.05) is 0 Å². The molecule has 1 aliphatic heterocycles. The van der Waals surface area contributed by atoms with Gasteiger partial charge in [-0.25, -0.2) is 9.37 Å². The van der Waals surface area contributed by atoms with Crippen LogP contribution in [0.5, 0.6) is 0 Å². The standard InChI is InChI=1S/C15H18BrClFN3/c1-10(20-4-2-3-5-20)9-21-14-7-12(18)11(16)6-13(14)19-15(21)8-17/h6-7,10H,2-5,8-9H2,1H3. The van der Waals surface area contributed by atoms with Crippen molar-refractivity contribution in [3.05, 3.63) is 28.2 Å². The Kier molecular flexibility index (Phi) is 4.52. The Morgan fingerprint density at radius 3 is 2.76 bits per heavy atom. The maximum atomic E-state index is 13.8. The summed E-state index contributed by atoms with van der Waals surface area (Å²) >= 11 is 9.24. The van der Waals surface area contributed by atoms with Crippen molar-refractivity contribution in [2.75, 3.05) is 13.1 Å². The molecule has 3 rings (SSSR count). The fraction of sp³-hybridized carbons (Fsp3) is 0.533. The van der Waals surface area contributed by atoms with E-state index >= 15 is 0 Å². The summed E-state index contributed by atoms with van der Waals surface area (Å²) in [5.74, 6) is 0.870. The molecule has 1 aromatic heterocycles. The van der Waals surface area contributed by atoms with Crippen LogP contribution in [-0.4, -0.2) is 33.6 Å². The fourth-order valence-corrected chi connectivity index (χ4v) is 3.57. The molecule has 3 nitrogen and oxygen atoms in total. The first kappa shape index (κ1) is 15.3. The zero-order valence-corrected chi connectivity index (χ0v) is 14.3. The number of likely N-dealkylation sites (tertiary alicyclic amines) is 1. The molecule has 1 saturated heterocycles. The van der Waals surface area contributed by atoms with E-state index in [4.69, 9.17) is 11.6 Å². The van der Waals surface area contributed by atoms with E-state index in [0.717, 1.165) is 36.5 Å². The Labute approximate surface area is 137 Å². The number of fused-ring (bicyclic) bond motifs is 1. The molecule has 2 heterocycles. The summed E-state index contributed by atoms with van der Waals surface area (Å²) in [5.41, 5.74) is 1.60. The molecule has 0 spiro atoms. The lowest BCUT2D eigenvalue weighted by molar-refractivity contribution is 0.236. The maximum Gasteiger partial charge on any atom is 0.139 e. The van der Waals surface area contributed by atoms with Crippen LogP contribution in [0.2, 0.25) is 0 Å². The van der Waals surface area contributed by atoms with Crippen LogP contribution in [-0.2, 0) is 12.4 Å². The van der Waals surface area contributed by atoms with Crippen molar-refractivity contribution in [2.45, 2.75) is 38.2 Å². The van der Waals surface area contributed by atoms with Crippen molar-refractivity contribution in [2.24, 2.45) is 0 Å². The second kappa shape index (κ2) is 6.23. The number of aromatic nitrogens is 2. The highest BCUT2D eigenvalue weighted by Crippen LogP contribution is 2.26. The van der Waals surface area contributed by atoms with Gasteiger partial charge in [-0.2, -0.15) is 0 Å². The van der Waals surface area contributed by atoms with Gasteiger partial charge < -0.3 is 4.57 Å². The molecule has 0 amide bonds. The molecular weight excluding hydrogens is 357 g/mol.